The molecule has 0 aliphatic heterocycles. The maximum absolute atomic E-state index is 12.2. The molecule has 29 heavy (non-hydrogen) atoms. The van der Waals surface area contributed by atoms with E-state index in [-0.39, 0.29) is 28.4 Å². The van der Waals surface area contributed by atoms with Crippen molar-refractivity contribution in [3.63, 3.8) is 0 Å². The summed E-state index contributed by atoms with van der Waals surface area (Å²) in [6.07, 6.45) is 10.7. The first-order chi connectivity index (χ1) is 13.2. The number of hydrogen-bond donors (Lipinski definition) is 0. The maximum atomic E-state index is 12.2. The number of carbonyl (C=O) groups is 1. The fourth-order valence-electron chi connectivity index (χ4n) is 4.85. The van der Waals surface area contributed by atoms with Crippen molar-refractivity contribution in [3.8, 4) is 5.75 Å². The predicted octanol–water partition coefficient (Wildman–Crippen LogP) is 5.39. The van der Waals surface area contributed by atoms with Gasteiger partial charge in [-0.3, -0.25) is 9.69 Å². The van der Waals surface area contributed by atoms with Gasteiger partial charge < -0.3 is 9.47 Å². The van der Waals surface area contributed by atoms with E-state index < -0.39 is 5.60 Å². The summed E-state index contributed by atoms with van der Waals surface area (Å²) in [4.78, 5) is 14.3. The van der Waals surface area contributed by atoms with Crippen molar-refractivity contribution < 1.29 is 14.3 Å². The molecule has 0 radical (unpaired) electrons. The smallest absolute Gasteiger partial charge is 0.320 e. The monoisotopic (exact) mass is 465 g/mol. The number of halogens is 1. The van der Waals surface area contributed by atoms with Crippen LogP contribution in [0, 0.1) is 5.92 Å². The molecule has 1 aromatic carbocycles. The Labute approximate surface area is 186 Å². The second-order valence-corrected chi connectivity index (χ2v) is 9.39. The van der Waals surface area contributed by atoms with Gasteiger partial charge >= 0.3 is 5.97 Å². The number of carbonyl (C=O) groups excluding carboxylic acids is 1. The summed E-state index contributed by atoms with van der Waals surface area (Å²) in [7, 11) is 3.75. The lowest BCUT2D eigenvalue weighted by molar-refractivity contribution is -0.155. The number of hydrogen-bond acceptors (Lipinski definition) is 4. The highest BCUT2D eigenvalue weighted by Gasteiger charge is 2.43. The quantitative estimate of drug-likeness (QED) is 0.527. The van der Waals surface area contributed by atoms with Gasteiger partial charge in [-0.05, 0) is 82.8 Å². The lowest BCUT2D eigenvalue weighted by atomic mass is 9.58. The highest BCUT2D eigenvalue weighted by Crippen LogP contribution is 2.51. The van der Waals surface area contributed by atoms with Gasteiger partial charge in [-0.15, -0.1) is 17.0 Å². The molecular formula is C24H36BrNO3. The van der Waals surface area contributed by atoms with Crippen LogP contribution >= 0.6 is 17.0 Å². The van der Waals surface area contributed by atoms with Gasteiger partial charge in [0.05, 0.1) is 13.7 Å². The van der Waals surface area contributed by atoms with Gasteiger partial charge in [0, 0.05) is 5.41 Å². The molecule has 1 saturated carbocycles. The summed E-state index contributed by atoms with van der Waals surface area (Å²) in [5.41, 5.74) is 2.44. The van der Waals surface area contributed by atoms with Crippen molar-refractivity contribution in [1.82, 2.24) is 4.90 Å². The molecule has 2 aliphatic rings. The van der Waals surface area contributed by atoms with Crippen molar-refractivity contribution in [1.29, 1.82) is 0 Å². The first kappa shape index (κ1) is 23.9. The second kappa shape index (κ2) is 9.65. The Kier molecular flexibility index (Phi) is 7.97. The lowest BCUT2D eigenvalue weighted by Crippen LogP contribution is -2.43. The Morgan fingerprint density at radius 1 is 1.28 bits per heavy atom. The molecule has 0 N–H and O–H groups in total. The Balaban J connectivity index is 0.00000300. The molecule has 4 nitrogen and oxygen atoms in total. The normalized spacial score (nSPS) is 23.0. The molecule has 0 amide bonds. The van der Waals surface area contributed by atoms with Gasteiger partial charge in [0.1, 0.15) is 11.4 Å². The molecule has 0 heterocycles. The molecule has 0 unspecified atom stereocenters. The van der Waals surface area contributed by atoms with Crippen LogP contribution in [-0.2, 0) is 14.9 Å². The first-order valence-electron chi connectivity index (χ1n) is 10.5. The largest absolute Gasteiger partial charge is 0.497 e. The molecule has 0 spiro atoms. The summed E-state index contributed by atoms with van der Waals surface area (Å²) in [6, 6.07) is 6.47. The zero-order valence-corrected chi connectivity index (χ0v) is 20.2. The molecule has 5 heteroatoms. The minimum absolute atomic E-state index is 0. The van der Waals surface area contributed by atoms with E-state index in [0.717, 1.165) is 18.7 Å². The highest BCUT2D eigenvalue weighted by atomic mass is 79.9. The molecule has 0 aromatic heterocycles. The SMILES string of the molecule is Br.COc1ccc2c(c1)[C@]1(CCN(C)CC(=O)OC(C)(C)C)CCCC[C@@H]1C=C2. The van der Waals surface area contributed by atoms with Gasteiger partial charge in [0.2, 0.25) is 0 Å². The van der Waals surface area contributed by atoms with E-state index in [4.69, 9.17) is 9.47 Å². The van der Waals surface area contributed by atoms with Gasteiger partial charge in [0.25, 0.3) is 0 Å². The summed E-state index contributed by atoms with van der Waals surface area (Å²) in [5.74, 6) is 1.34. The van der Waals surface area contributed by atoms with Crippen LogP contribution in [0.5, 0.6) is 5.75 Å². The third-order valence-electron chi connectivity index (χ3n) is 6.16. The van der Waals surface area contributed by atoms with Crippen molar-refractivity contribution in [2.24, 2.45) is 5.92 Å². The Morgan fingerprint density at radius 3 is 2.72 bits per heavy atom. The Hall–Kier alpha value is -1.33. The van der Waals surface area contributed by atoms with Crippen LogP contribution in [0.2, 0.25) is 0 Å². The van der Waals surface area contributed by atoms with Gasteiger partial charge in [-0.25, -0.2) is 0 Å². The van der Waals surface area contributed by atoms with Crippen LogP contribution in [0.4, 0.5) is 0 Å². The van der Waals surface area contributed by atoms with E-state index in [1.54, 1.807) is 7.11 Å². The van der Waals surface area contributed by atoms with E-state index in [2.05, 4.69) is 35.3 Å². The van der Waals surface area contributed by atoms with Gasteiger partial charge in [-0.2, -0.15) is 0 Å². The summed E-state index contributed by atoms with van der Waals surface area (Å²) < 4.78 is 11.0. The van der Waals surface area contributed by atoms with Gasteiger partial charge in [-0.1, -0.05) is 31.1 Å². The molecule has 0 bridgehead atoms. The number of methoxy groups -OCH3 is 1. The van der Waals surface area contributed by atoms with Crippen LogP contribution in [-0.4, -0.2) is 43.7 Å². The zero-order chi connectivity index (χ0) is 20.4. The molecule has 0 saturated heterocycles. The van der Waals surface area contributed by atoms with Crippen LogP contribution in [0.25, 0.3) is 6.08 Å². The Morgan fingerprint density at radius 2 is 2.03 bits per heavy atom. The zero-order valence-electron chi connectivity index (χ0n) is 18.5. The number of ether oxygens (including phenoxy) is 2. The number of fused-ring (bicyclic) bond motifs is 3. The van der Waals surface area contributed by atoms with E-state index >= 15 is 0 Å². The molecular weight excluding hydrogens is 430 g/mol. The van der Waals surface area contributed by atoms with Gasteiger partial charge in [0.15, 0.2) is 0 Å². The number of rotatable bonds is 6. The molecule has 1 aromatic rings. The predicted molar refractivity (Wildman–Crippen MR) is 124 cm³/mol. The fourth-order valence-corrected chi connectivity index (χ4v) is 4.85. The van der Waals surface area contributed by atoms with Crippen LogP contribution in [0.15, 0.2) is 24.3 Å². The maximum Gasteiger partial charge on any atom is 0.320 e. The number of benzene rings is 1. The highest BCUT2D eigenvalue weighted by molar-refractivity contribution is 8.93. The first-order valence-corrected chi connectivity index (χ1v) is 10.5. The second-order valence-electron chi connectivity index (χ2n) is 9.39. The Bertz CT molecular complexity index is 740. The van der Waals surface area contributed by atoms with Crippen LogP contribution < -0.4 is 4.74 Å². The molecule has 1 fully saturated rings. The van der Waals surface area contributed by atoms with Crippen molar-refractivity contribution >= 4 is 29.0 Å². The minimum Gasteiger partial charge on any atom is -0.497 e. The third-order valence-corrected chi connectivity index (χ3v) is 6.16. The number of allylic oxidation sites excluding steroid dienone is 1. The van der Waals surface area contributed by atoms with Crippen molar-refractivity contribution in [2.75, 3.05) is 27.2 Å². The summed E-state index contributed by atoms with van der Waals surface area (Å²) >= 11 is 0. The van der Waals surface area contributed by atoms with Crippen LogP contribution in [0.3, 0.4) is 0 Å². The minimum atomic E-state index is -0.436. The fraction of sp³-hybridized carbons (Fsp3) is 0.625. The molecule has 3 rings (SSSR count). The number of esters is 1. The lowest BCUT2D eigenvalue weighted by Gasteiger charge is -2.47. The van der Waals surface area contributed by atoms with Crippen LogP contribution in [0.1, 0.15) is 64.0 Å². The molecule has 2 aliphatic carbocycles. The van der Waals surface area contributed by atoms with E-state index in [1.165, 1.54) is 36.8 Å². The average molecular weight is 466 g/mol. The molecule has 162 valence electrons. The van der Waals surface area contributed by atoms with Crippen molar-refractivity contribution in [2.45, 2.75) is 63.9 Å². The molecule has 2 atom stereocenters. The van der Waals surface area contributed by atoms with E-state index in [1.807, 2.05) is 27.8 Å². The van der Waals surface area contributed by atoms with E-state index in [9.17, 15) is 4.79 Å². The summed E-state index contributed by atoms with van der Waals surface area (Å²) in [5, 5.41) is 0. The number of likely N-dealkylation sites (N-methyl/N-ethyl adjacent to an activating group) is 1. The standard InChI is InChI=1S/C24H35NO3.BrH/c1-23(2,3)28-22(26)17-25(4)15-14-24-13-7-6-8-19(24)11-9-18-10-12-20(27-5)16-21(18)24;/h9-12,16,19H,6-8,13-15,17H2,1-5H3;1H/t19-,24+;/m1./s1. The van der Waals surface area contributed by atoms with Crippen molar-refractivity contribution in [3.05, 3.63) is 35.4 Å². The topological polar surface area (TPSA) is 38.8 Å². The third kappa shape index (κ3) is 5.64. The van der Waals surface area contributed by atoms with E-state index in [0.29, 0.717) is 12.5 Å². The average Bonchev–Trinajstić information content (AvgIpc) is 2.64. The number of nitrogens with zero attached hydrogens (tertiary/aromatic N) is 1. The summed E-state index contributed by atoms with van der Waals surface area (Å²) in [6.45, 7) is 6.94.